The van der Waals surface area contributed by atoms with E-state index in [1.54, 1.807) is 0 Å². The molecule has 2 nitrogen and oxygen atoms in total. The Morgan fingerprint density at radius 3 is 1.55 bits per heavy atom. The van der Waals surface area contributed by atoms with Crippen LogP contribution in [0.25, 0.3) is 12.2 Å². The third-order valence-corrected chi connectivity index (χ3v) is 7.98. The molecule has 0 saturated heterocycles. The van der Waals surface area contributed by atoms with Gasteiger partial charge in [0.2, 0.25) is 0 Å². The van der Waals surface area contributed by atoms with Gasteiger partial charge < -0.3 is 0 Å². The summed E-state index contributed by atoms with van der Waals surface area (Å²) in [5, 5.41) is 0. The van der Waals surface area contributed by atoms with E-state index < -0.39 is 0 Å². The van der Waals surface area contributed by atoms with E-state index in [0.717, 1.165) is 42.8 Å². The minimum atomic E-state index is 0. The van der Waals surface area contributed by atoms with Crippen molar-refractivity contribution in [1.82, 2.24) is 0 Å². The van der Waals surface area contributed by atoms with E-state index in [2.05, 4.69) is 93.6 Å². The number of aliphatic imine (C=N–C) groups is 2. The molecule has 0 N–H and O–H groups in total. The molecule has 2 aromatic carbocycles. The van der Waals surface area contributed by atoms with Crippen LogP contribution < -0.4 is 0 Å². The number of nitrogens with zero attached hydrogens (tertiary/aromatic N) is 2. The first-order valence-electron chi connectivity index (χ1n) is 17.9. The molecular weight excluding hydrogens is 579 g/mol. The average molecular weight is 642 g/mol. The molecule has 0 unspecified atom stereocenters. The van der Waals surface area contributed by atoms with Crippen LogP contribution in [0.5, 0.6) is 0 Å². The van der Waals surface area contributed by atoms with Gasteiger partial charge in [-0.25, -0.2) is 0 Å². The van der Waals surface area contributed by atoms with Gasteiger partial charge in [0, 0.05) is 22.7 Å². The van der Waals surface area contributed by atoms with Crippen molar-refractivity contribution >= 4 is 35.5 Å². The summed E-state index contributed by atoms with van der Waals surface area (Å²) in [5.41, 5.74) is 5.50. The minimum absolute atomic E-state index is 0. The predicted molar refractivity (Wildman–Crippen MR) is 196 cm³/mol. The summed E-state index contributed by atoms with van der Waals surface area (Å²) < 4.78 is 0. The fraction of sp³-hybridized carbons (Fsp3) is 0.561. The Morgan fingerprint density at radius 1 is 0.545 bits per heavy atom. The summed E-state index contributed by atoms with van der Waals surface area (Å²) in [5.74, 6) is 0. The van der Waals surface area contributed by atoms with Crippen LogP contribution in [0.3, 0.4) is 0 Å². The van der Waals surface area contributed by atoms with Crippen LogP contribution in [-0.4, -0.2) is 11.9 Å². The normalized spacial score (nSPS) is 12.1. The Labute approximate surface area is 282 Å². The van der Waals surface area contributed by atoms with Crippen molar-refractivity contribution in [2.75, 3.05) is 0 Å². The zero-order valence-electron chi connectivity index (χ0n) is 28.4. The second-order valence-corrected chi connectivity index (χ2v) is 12.1. The summed E-state index contributed by atoms with van der Waals surface area (Å²) in [6.07, 6.45) is 37.0. The maximum Gasteiger partial charge on any atom is 0.0639 e. The molecule has 0 saturated carbocycles. The first kappa shape index (κ1) is 39.8. The smallest absolute Gasteiger partial charge is 0.0639 e. The number of hydrogen-bond donors (Lipinski definition) is 0. The topological polar surface area (TPSA) is 24.7 Å². The molecule has 2 aromatic rings. The molecule has 3 heteroatoms. The van der Waals surface area contributed by atoms with Gasteiger partial charge in [0.15, 0.2) is 0 Å². The number of rotatable bonds is 25. The van der Waals surface area contributed by atoms with Crippen molar-refractivity contribution in [3.8, 4) is 0 Å². The maximum absolute atomic E-state index is 5.04. The van der Waals surface area contributed by atoms with Crippen molar-refractivity contribution < 1.29 is 16.5 Å². The van der Waals surface area contributed by atoms with Crippen LogP contribution in [-0.2, 0) is 16.5 Å². The van der Waals surface area contributed by atoms with E-state index in [9.17, 15) is 0 Å². The van der Waals surface area contributed by atoms with Gasteiger partial charge in [-0.1, -0.05) is 159 Å². The Morgan fingerprint density at radius 2 is 1.00 bits per heavy atom. The summed E-state index contributed by atoms with van der Waals surface area (Å²) in [6, 6.07) is 17.2. The average Bonchev–Trinajstić information content (AvgIpc) is 3.02. The molecular formula is C41H62N2Ni. The molecule has 0 aliphatic heterocycles. The summed E-state index contributed by atoms with van der Waals surface area (Å²) >= 11 is 0. The monoisotopic (exact) mass is 640 g/mol. The molecule has 0 heterocycles. The van der Waals surface area contributed by atoms with E-state index in [4.69, 9.17) is 9.98 Å². The van der Waals surface area contributed by atoms with Crippen LogP contribution in [0.1, 0.15) is 160 Å². The standard InChI is InChI=1S/C41H62N2.Ni/c1-4-7-10-12-14-16-18-20-23-27-37-29-25-32-39(34-37)42-36-41(31-22-9-6-3)43-40-33-26-30-38(35-40)28-24-21-19-17-15-13-11-8-5-2;/h23-30,32-36H,4-22,31H2,1-3H3;. The third-order valence-electron chi connectivity index (χ3n) is 7.98. The van der Waals surface area contributed by atoms with Crippen molar-refractivity contribution in [2.24, 2.45) is 9.98 Å². The Hall–Kier alpha value is -2.25. The largest absolute Gasteiger partial charge is 0.255 e. The molecule has 246 valence electrons. The molecule has 0 atom stereocenters. The maximum atomic E-state index is 5.04. The molecule has 0 amide bonds. The van der Waals surface area contributed by atoms with E-state index in [1.165, 1.54) is 114 Å². The van der Waals surface area contributed by atoms with Crippen molar-refractivity contribution in [3.05, 3.63) is 71.8 Å². The zero-order valence-corrected chi connectivity index (χ0v) is 29.3. The number of unbranched alkanes of at least 4 members (excludes halogenated alkanes) is 16. The van der Waals surface area contributed by atoms with Crippen molar-refractivity contribution in [3.63, 3.8) is 0 Å². The first-order chi connectivity index (χ1) is 21.2. The Kier molecular flexibility index (Phi) is 25.5. The van der Waals surface area contributed by atoms with E-state index >= 15 is 0 Å². The van der Waals surface area contributed by atoms with E-state index in [-0.39, 0.29) is 16.5 Å². The molecule has 44 heavy (non-hydrogen) atoms. The van der Waals surface area contributed by atoms with Gasteiger partial charge in [0.1, 0.15) is 0 Å². The van der Waals surface area contributed by atoms with Gasteiger partial charge in [-0.15, -0.1) is 0 Å². The molecule has 0 fully saturated rings. The Bertz CT molecular complexity index is 1080. The van der Waals surface area contributed by atoms with Gasteiger partial charge >= 0.3 is 0 Å². The van der Waals surface area contributed by atoms with E-state index in [1.807, 2.05) is 6.21 Å². The molecule has 0 bridgehead atoms. The first-order valence-corrected chi connectivity index (χ1v) is 17.9. The van der Waals surface area contributed by atoms with Gasteiger partial charge in [-0.05, 0) is 73.9 Å². The molecule has 0 aromatic heterocycles. The fourth-order valence-corrected chi connectivity index (χ4v) is 5.30. The summed E-state index contributed by atoms with van der Waals surface area (Å²) in [6.45, 7) is 6.81. The molecule has 2 rings (SSSR count). The van der Waals surface area contributed by atoms with Crippen molar-refractivity contribution in [1.29, 1.82) is 0 Å². The van der Waals surface area contributed by atoms with Crippen molar-refractivity contribution in [2.45, 2.75) is 149 Å². The van der Waals surface area contributed by atoms with E-state index in [0.29, 0.717) is 0 Å². The van der Waals surface area contributed by atoms with Gasteiger partial charge in [-0.3, -0.25) is 9.98 Å². The zero-order chi connectivity index (χ0) is 30.6. The molecule has 0 aliphatic rings. The summed E-state index contributed by atoms with van der Waals surface area (Å²) in [7, 11) is 0. The number of allylic oxidation sites excluding steroid dienone is 2. The van der Waals surface area contributed by atoms with Crippen LogP contribution in [0.15, 0.2) is 70.7 Å². The quantitative estimate of drug-likeness (QED) is 0.0586. The van der Waals surface area contributed by atoms with Gasteiger partial charge in [0.25, 0.3) is 0 Å². The Balaban J connectivity index is 0.00000968. The number of hydrogen-bond acceptors (Lipinski definition) is 2. The van der Waals surface area contributed by atoms with Crippen LogP contribution in [0.2, 0.25) is 0 Å². The van der Waals surface area contributed by atoms with Gasteiger partial charge in [-0.2, -0.15) is 0 Å². The molecule has 0 aliphatic carbocycles. The third kappa shape index (κ3) is 20.7. The minimum Gasteiger partial charge on any atom is -0.255 e. The molecule has 0 spiro atoms. The summed E-state index contributed by atoms with van der Waals surface area (Å²) in [4.78, 5) is 9.90. The second-order valence-electron chi connectivity index (χ2n) is 12.1. The van der Waals surface area contributed by atoms with Crippen LogP contribution in [0.4, 0.5) is 11.4 Å². The fourth-order valence-electron chi connectivity index (χ4n) is 5.30. The van der Waals surface area contributed by atoms with Crippen LogP contribution in [0, 0.1) is 0 Å². The number of benzene rings is 2. The second kappa shape index (κ2) is 28.2. The van der Waals surface area contributed by atoms with Crippen LogP contribution >= 0.6 is 0 Å². The van der Waals surface area contributed by atoms with Gasteiger partial charge in [0.05, 0.1) is 17.1 Å². The molecule has 0 radical (unpaired) electrons. The SMILES string of the molecule is CCCCCCCCCC=Cc1cccc(N=CC(CCCCC)=Nc2cccc(C=CCCCCCCCCC)c2)c1.[Ni]. The predicted octanol–water partition coefficient (Wildman–Crippen LogP) is 14.0.